The number of thiophene rings is 1. The number of carbonyl (C=O) groups is 2. The van der Waals surface area contributed by atoms with Crippen LogP contribution in [0.15, 0.2) is 52.9 Å². The van der Waals surface area contributed by atoms with E-state index in [1.54, 1.807) is 23.5 Å². The molecule has 0 bridgehead atoms. The number of rotatable bonds is 5. The van der Waals surface area contributed by atoms with E-state index in [2.05, 4.69) is 19.2 Å². The molecule has 0 spiro atoms. The molecule has 2 aliphatic rings. The predicted octanol–water partition coefficient (Wildman–Crippen LogP) is 5.55. The van der Waals surface area contributed by atoms with Crippen molar-refractivity contribution in [2.24, 2.45) is 5.41 Å². The molecule has 0 saturated heterocycles. The van der Waals surface area contributed by atoms with Gasteiger partial charge in [0.15, 0.2) is 5.78 Å². The summed E-state index contributed by atoms with van der Waals surface area (Å²) in [4.78, 5) is 28.0. The molecule has 1 unspecified atom stereocenters. The zero-order chi connectivity index (χ0) is 23.9. The number of ketones is 1. The van der Waals surface area contributed by atoms with Crippen molar-refractivity contribution < 1.29 is 23.5 Å². The van der Waals surface area contributed by atoms with Gasteiger partial charge in [-0.2, -0.15) is 0 Å². The van der Waals surface area contributed by atoms with Gasteiger partial charge in [-0.05, 0) is 56.0 Å². The molecule has 4 rings (SSSR count). The lowest BCUT2D eigenvalue weighted by molar-refractivity contribution is -0.136. The standard InChI is InChI=1S/C26H28FNO4S/c1-14-22(25(30)31-5)24(23-19(28-14)11-26(3,4)12-20(23)29)21-10-16(15(2)33-21)13-32-18-8-6-17(27)7-9-18/h6-10,24,28H,11-13H2,1-5H3. The molecule has 1 aromatic carbocycles. The molecule has 1 aliphatic heterocycles. The third kappa shape index (κ3) is 4.60. The second-order valence-electron chi connectivity index (χ2n) is 9.39. The van der Waals surface area contributed by atoms with Gasteiger partial charge in [0, 0.05) is 38.7 Å². The minimum Gasteiger partial charge on any atom is -0.489 e. The van der Waals surface area contributed by atoms with Crippen LogP contribution >= 0.6 is 11.3 Å². The maximum absolute atomic E-state index is 13.3. The molecule has 0 radical (unpaired) electrons. The van der Waals surface area contributed by atoms with Crippen LogP contribution in [0.25, 0.3) is 0 Å². The second kappa shape index (κ2) is 8.78. The summed E-state index contributed by atoms with van der Waals surface area (Å²) >= 11 is 1.55. The first-order chi connectivity index (χ1) is 15.6. The molecular formula is C26H28FNO4S. The van der Waals surface area contributed by atoms with Crippen LogP contribution in [0.5, 0.6) is 5.75 Å². The number of dihydropyridines is 1. The van der Waals surface area contributed by atoms with Gasteiger partial charge in [0.1, 0.15) is 18.2 Å². The van der Waals surface area contributed by atoms with Crippen molar-refractivity contribution in [3.63, 3.8) is 0 Å². The lowest BCUT2D eigenvalue weighted by Gasteiger charge is -2.39. The van der Waals surface area contributed by atoms with Gasteiger partial charge in [-0.15, -0.1) is 11.3 Å². The Bertz CT molecular complexity index is 1170. The molecule has 5 nitrogen and oxygen atoms in total. The van der Waals surface area contributed by atoms with Crippen LogP contribution in [-0.4, -0.2) is 18.9 Å². The summed E-state index contributed by atoms with van der Waals surface area (Å²) in [6.07, 6.45) is 1.17. The van der Waals surface area contributed by atoms with Crippen molar-refractivity contribution in [2.75, 3.05) is 7.11 Å². The summed E-state index contributed by atoms with van der Waals surface area (Å²) in [6, 6.07) is 7.90. The fraction of sp³-hybridized carbons (Fsp3) is 0.385. The Morgan fingerprint density at radius 1 is 1.21 bits per heavy atom. The first kappa shape index (κ1) is 23.2. The maximum atomic E-state index is 13.3. The lowest BCUT2D eigenvalue weighted by Crippen LogP contribution is -2.38. The number of allylic oxidation sites excluding steroid dienone is 3. The van der Waals surface area contributed by atoms with E-state index in [-0.39, 0.29) is 17.0 Å². The van der Waals surface area contributed by atoms with Crippen LogP contribution in [0.1, 0.15) is 54.8 Å². The van der Waals surface area contributed by atoms with Crippen LogP contribution in [0.4, 0.5) is 4.39 Å². The van der Waals surface area contributed by atoms with Crippen LogP contribution in [-0.2, 0) is 20.9 Å². The zero-order valence-corrected chi connectivity index (χ0v) is 20.3. The third-order valence-electron chi connectivity index (χ3n) is 6.18. The van der Waals surface area contributed by atoms with E-state index in [4.69, 9.17) is 9.47 Å². The highest BCUT2D eigenvalue weighted by Gasteiger charge is 2.43. The molecule has 33 heavy (non-hydrogen) atoms. The molecule has 174 valence electrons. The van der Waals surface area contributed by atoms with Gasteiger partial charge in [0.05, 0.1) is 18.6 Å². The van der Waals surface area contributed by atoms with Crippen molar-refractivity contribution in [3.05, 3.63) is 74.0 Å². The van der Waals surface area contributed by atoms with E-state index in [1.165, 1.54) is 19.2 Å². The van der Waals surface area contributed by atoms with Crippen molar-refractivity contribution in [2.45, 2.75) is 53.1 Å². The van der Waals surface area contributed by atoms with Crippen molar-refractivity contribution in [1.29, 1.82) is 0 Å². The monoisotopic (exact) mass is 469 g/mol. The van der Waals surface area contributed by atoms with Crippen LogP contribution in [0, 0.1) is 18.2 Å². The number of carbonyl (C=O) groups excluding carboxylic acids is 2. The summed E-state index contributed by atoms with van der Waals surface area (Å²) in [5.74, 6) is -0.594. The Morgan fingerprint density at radius 2 is 1.91 bits per heavy atom. The summed E-state index contributed by atoms with van der Waals surface area (Å²) in [7, 11) is 1.36. The van der Waals surface area contributed by atoms with Gasteiger partial charge in [-0.1, -0.05) is 13.8 Å². The number of halogens is 1. The van der Waals surface area contributed by atoms with Crippen LogP contribution in [0.2, 0.25) is 0 Å². The van der Waals surface area contributed by atoms with E-state index in [0.29, 0.717) is 35.6 Å². The smallest absolute Gasteiger partial charge is 0.336 e. The number of hydrogen-bond donors (Lipinski definition) is 1. The van der Waals surface area contributed by atoms with E-state index in [9.17, 15) is 14.0 Å². The Hall–Kier alpha value is -2.93. The van der Waals surface area contributed by atoms with Gasteiger partial charge in [0.2, 0.25) is 0 Å². The molecule has 1 aliphatic carbocycles. The number of hydrogen-bond acceptors (Lipinski definition) is 6. The first-order valence-electron chi connectivity index (χ1n) is 10.9. The van der Waals surface area contributed by atoms with Gasteiger partial charge >= 0.3 is 5.97 Å². The molecule has 7 heteroatoms. The number of esters is 1. The molecule has 2 heterocycles. The van der Waals surface area contributed by atoms with Crippen molar-refractivity contribution in [1.82, 2.24) is 5.32 Å². The fourth-order valence-corrected chi connectivity index (χ4v) is 5.78. The minimum atomic E-state index is -0.472. The Labute approximate surface area is 197 Å². The SMILES string of the molecule is COC(=O)C1=C(C)NC2=C(C(=O)CC(C)(C)C2)C1c1cc(COc2ccc(F)cc2)c(C)s1. The average Bonchev–Trinajstić information content (AvgIpc) is 3.11. The fourth-order valence-electron chi connectivity index (χ4n) is 4.62. The van der Waals surface area contributed by atoms with E-state index >= 15 is 0 Å². The third-order valence-corrected chi connectivity index (χ3v) is 7.33. The maximum Gasteiger partial charge on any atom is 0.336 e. The average molecular weight is 470 g/mol. The molecule has 0 saturated carbocycles. The molecule has 0 amide bonds. The highest BCUT2D eigenvalue weighted by molar-refractivity contribution is 7.12. The van der Waals surface area contributed by atoms with E-state index in [0.717, 1.165) is 27.4 Å². The Balaban J connectivity index is 1.72. The number of ether oxygens (including phenoxy) is 2. The van der Waals surface area contributed by atoms with Gasteiger partial charge in [0.25, 0.3) is 0 Å². The zero-order valence-electron chi connectivity index (χ0n) is 19.5. The molecule has 0 fully saturated rings. The molecule has 1 N–H and O–H groups in total. The Kier molecular flexibility index (Phi) is 6.18. The minimum absolute atomic E-state index is 0.0582. The summed E-state index contributed by atoms with van der Waals surface area (Å²) < 4.78 is 24.1. The number of aryl methyl sites for hydroxylation is 1. The van der Waals surface area contributed by atoms with Crippen LogP contribution in [0.3, 0.4) is 0 Å². The second-order valence-corrected chi connectivity index (χ2v) is 10.7. The highest BCUT2D eigenvalue weighted by Crippen LogP contribution is 2.48. The largest absolute Gasteiger partial charge is 0.489 e. The molecule has 2 aromatic rings. The summed E-state index contributed by atoms with van der Waals surface area (Å²) in [6.45, 7) is 8.32. The van der Waals surface area contributed by atoms with Gasteiger partial charge < -0.3 is 14.8 Å². The first-order valence-corrected chi connectivity index (χ1v) is 11.7. The summed E-state index contributed by atoms with van der Waals surface area (Å²) in [5, 5.41) is 3.33. The number of methoxy groups -OCH3 is 1. The molecule has 1 aromatic heterocycles. The number of nitrogens with one attached hydrogen (secondary N) is 1. The summed E-state index contributed by atoms with van der Waals surface area (Å²) in [5.41, 5.74) is 3.55. The number of Topliss-reactive ketones (excluding diaryl/α,β-unsaturated/α-hetero) is 1. The normalized spacial score (nSPS) is 19.8. The molecule has 1 atom stereocenters. The quantitative estimate of drug-likeness (QED) is 0.582. The van der Waals surface area contributed by atoms with Gasteiger partial charge in [-0.3, -0.25) is 4.79 Å². The van der Waals surface area contributed by atoms with E-state index in [1.807, 2.05) is 19.9 Å². The number of benzene rings is 1. The van der Waals surface area contributed by atoms with E-state index < -0.39 is 11.9 Å². The lowest BCUT2D eigenvalue weighted by atomic mass is 9.70. The van der Waals surface area contributed by atoms with Crippen LogP contribution < -0.4 is 10.1 Å². The highest BCUT2D eigenvalue weighted by atomic mass is 32.1. The van der Waals surface area contributed by atoms with Gasteiger partial charge in [-0.25, -0.2) is 9.18 Å². The predicted molar refractivity (Wildman–Crippen MR) is 125 cm³/mol. The van der Waals surface area contributed by atoms with Crippen molar-refractivity contribution in [3.8, 4) is 5.75 Å². The molecular weight excluding hydrogens is 441 g/mol. The van der Waals surface area contributed by atoms with Crippen molar-refractivity contribution >= 4 is 23.1 Å². The topological polar surface area (TPSA) is 64.6 Å². The Morgan fingerprint density at radius 3 is 2.58 bits per heavy atom.